The number of benzene rings is 2. The lowest BCUT2D eigenvalue weighted by Crippen LogP contribution is -2.31. The van der Waals surface area contributed by atoms with Gasteiger partial charge in [-0.3, -0.25) is 14.4 Å². The van der Waals surface area contributed by atoms with Gasteiger partial charge in [0.1, 0.15) is 0 Å². The average molecular weight is 369 g/mol. The van der Waals surface area contributed by atoms with Crippen LogP contribution in [0.15, 0.2) is 54.6 Å². The Kier molecular flexibility index (Phi) is 8.19. The van der Waals surface area contributed by atoms with Crippen molar-refractivity contribution >= 4 is 17.7 Å². The molecular formula is C21H23NO5. The number of carbonyl (C=O) groups excluding carboxylic acids is 3. The minimum absolute atomic E-state index is 0.0365. The van der Waals surface area contributed by atoms with Crippen molar-refractivity contribution in [1.29, 1.82) is 0 Å². The summed E-state index contributed by atoms with van der Waals surface area (Å²) >= 11 is 0. The summed E-state index contributed by atoms with van der Waals surface area (Å²) in [6.07, 6.45) is -0.0283. The van der Waals surface area contributed by atoms with Crippen molar-refractivity contribution in [2.75, 3.05) is 26.9 Å². The summed E-state index contributed by atoms with van der Waals surface area (Å²) in [5.74, 6) is -1.12. The molecule has 0 spiro atoms. The molecule has 0 fully saturated rings. The van der Waals surface area contributed by atoms with E-state index in [9.17, 15) is 14.4 Å². The highest BCUT2D eigenvalue weighted by molar-refractivity contribution is 5.98. The monoisotopic (exact) mass is 369 g/mol. The van der Waals surface area contributed by atoms with Gasteiger partial charge in [-0.2, -0.15) is 0 Å². The lowest BCUT2D eigenvalue weighted by atomic mass is 10.0. The van der Waals surface area contributed by atoms with Gasteiger partial charge in [0.05, 0.1) is 13.0 Å². The zero-order chi connectivity index (χ0) is 19.5. The molecule has 0 saturated heterocycles. The van der Waals surface area contributed by atoms with Gasteiger partial charge in [-0.05, 0) is 11.1 Å². The first-order chi connectivity index (χ1) is 13.1. The van der Waals surface area contributed by atoms with E-state index in [1.807, 2.05) is 42.5 Å². The Balaban J connectivity index is 1.75. The van der Waals surface area contributed by atoms with Gasteiger partial charge >= 0.3 is 5.97 Å². The molecule has 0 atom stereocenters. The van der Waals surface area contributed by atoms with Crippen molar-refractivity contribution in [1.82, 2.24) is 5.32 Å². The minimum Gasteiger partial charge on any atom is -0.456 e. The van der Waals surface area contributed by atoms with Crippen LogP contribution in [0, 0.1) is 0 Å². The van der Waals surface area contributed by atoms with Crippen LogP contribution in [0.5, 0.6) is 0 Å². The summed E-state index contributed by atoms with van der Waals surface area (Å²) in [4.78, 5) is 35.3. The van der Waals surface area contributed by atoms with Gasteiger partial charge in [0, 0.05) is 25.6 Å². The Morgan fingerprint density at radius 2 is 1.56 bits per heavy atom. The number of esters is 1. The van der Waals surface area contributed by atoms with Crippen LogP contribution in [0.3, 0.4) is 0 Å². The molecule has 0 saturated carbocycles. The fourth-order valence-corrected chi connectivity index (χ4v) is 2.40. The standard InChI is InChI=1S/C21H23NO5/c1-26-14-13-22-20(24)15-27-21(25)12-11-19(23)18-9-7-17(8-10-18)16-5-3-2-4-6-16/h2-10H,11-15H2,1H3,(H,22,24). The Morgan fingerprint density at radius 3 is 2.22 bits per heavy atom. The fourth-order valence-electron chi connectivity index (χ4n) is 2.40. The van der Waals surface area contributed by atoms with E-state index in [-0.39, 0.29) is 25.2 Å². The number of carbonyl (C=O) groups is 3. The summed E-state index contributed by atoms with van der Waals surface area (Å²) in [5.41, 5.74) is 2.63. The first kappa shape index (κ1) is 20.3. The fraction of sp³-hybridized carbons (Fsp3) is 0.286. The first-order valence-electron chi connectivity index (χ1n) is 8.70. The van der Waals surface area contributed by atoms with Crippen LogP contribution in [0.4, 0.5) is 0 Å². The molecule has 0 heterocycles. The molecule has 0 aliphatic rings. The Hall–Kier alpha value is -2.99. The van der Waals surface area contributed by atoms with Crippen LogP contribution in [0.2, 0.25) is 0 Å². The molecule has 0 radical (unpaired) electrons. The number of nitrogens with one attached hydrogen (secondary N) is 1. The van der Waals surface area contributed by atoms with E-state index >= 15 is 0 Å². The van der Waals surface area contributed by atoms with Gasteiger partial charge in [-0.25, -0.2) is 0 Å². The lowest BCUT2D eigenvalue weighted by Gasteiger charge is -2.06. The molecule has 6 nitrogen and oxygen atoms in total. The quantitative estimate of drug-likeness (QED) is 0.395. The summed E-state index contributed by atoms with van der Waals surface area (Å²) in [6, 6.07) is 17.1. The molecule has 0 aromatic heterocycles. The van der Waals surface area contributed by atoms with Crippen LogP contribution >= 0.6 is 0 Å². The number of methoxy groups -OCH3 is 1. The van der Waals surface area contributed by atoms with Crippen molar-refractivity contribution in [3.8, 4) is 11.1 Å². The SMILES string of the molecule is COCCNC(=O)COC(=O)CCC(=O)c1ccc(-c2ccccc2)cc1. The highest BCUT2D eigenvalue weighted by atomic mass is 16.5. The Bertz CT molecular complexity index is 756. The number of hydrogen-bond acceptors (Lipinski definition) is 5. The van der Waals surface area contributed by atoms with Crippen molar-refractivity contribution in [2.45, 2.75) is 12.8 Å². The third kappa shape index (κ3) is 7.03. The highest BCUT2D eigenvalue weighted by Gasteiger charge is 2.12. The van der Waals surface area contributed by atoms with E-state index in [1.165, 1.54) is 7.11 Å². The number of Topliss-reactive ketones (excluding diaryl/α,β-unsaturated/α-hetero) is 1. The highest BCUT2D eigenvalue weighted by Crippen LogP contribution is 2.19. The topological polar surface area (TPSA) is 81.7 Å². The van der Waals surface area contributed by atoms with E-state index in [1.54, 1.807) is 12.1 Å². The van der Waals surface area contributed by atoms with Gasteiger partial charge in [0.2, 0.25) is 0 Å². The van der Waals surface area contributed by atoms with E-state index < -0.39 is 11.9 Å². The third-order valence-corrected chi connectivity index (χ3v) is 3.86. The van der Waals surface area contributed by atoms with Gasteiger partial charge in [0.15, 0.2) is 12.4 Å². The summed E-state index contributed by atoms with van der Waals surface area (Å²) in [6.45, 7) is 0.379. The molecule has 142 valence electrons. The zero-order valence-electron chi connectivity index (χ0n) is 15.3. The Labute approximate surface area is 158 Å². The van der Waals surface area contributed by atoms with Crippen LogP contribution in [-0.2, 0) is 19.1 Å². The molecule has 0 unspecified atom stereocenters. The van der Waals surface area contributed by atoms with Crippen LogP contribution in [0.1, 0.15) is 23.2 Å². The van der Waals surface area contributed by atoms with Crippen LogP contribution in [-0.4, -0.2) is 44.5 Å². The van der Waals surface area contributed by atoms with Gasteiger partial charge in [0.25, 0.3) is 5.91 Å². The third-order valence-electron chi connectivity index (χ3n) is 3.86. The zero-order valence-corrected chi connectivity index (χ0v) is 15.3. The predicted molar refractivity (Wildman–Crippen MR) is 101 cm³/mol. The summed E-state index contributed by atoms with van der Waals surface area (Å²) in [5, 5.41) is 2.54. The summed E-state index contributed by atoms with van der Waals surface area (Å²) < 4.78 is 9.65. The average Bonchev–Trinajstić information content (AvgIpc) is 2.71. The van der Waals surface area contributed by atoms with Crippen molar-refractivity contribution in [3.63, 3.8) is 0 Å². The number of ether oxygens (including phenoxy) is 2. The van der Waals surface area contributed by atoms with E-state index in [0.29, 0.717) is 18.7 Å². The van der Waals surface area contributed by atoms with Gasteiger partial charge < -0.3 is 14.8 Å². The molecule has 1 amide bonds. The van der Waals surface area contributed by atoms with Crippen molar-refractivity contribution < 1.29 is 23.9 Å². The second-order valence-corrected chi connectivity index (χ2v) is 5.87. The maximum absolute atomic E-state index is 12.2. The molecule has 2 aromatic rings. The first-order valence-corrected chi connectivity index (χ1v) is 8.70. The molecule has 2 aromatic carbocycles. The van der Waals surface area contributed by atoms with Crippen molar-refractivity contribution in [3.05, 3.63) is 60.2 Å². The number of hydrogen-bond donors (Lipinski definition) is 1. The number of amides is 1. The largest absolute Gasteiger partial charge is 0.456 e. The van der Waals surface area contributed by atoms with Crippen LogP contribution in [0.25, 0.3) is 11.1 Å². The minimum atomic E-state index is -0.578. The maximum atomic E-state index is 12.2. The maximum Gasteiger partial charge on any atom is 0.306 e. The summed E-state index contributed by atoms with van der Waals surface area (Å²) in [7, 11) is 1.53. The lowest BCUT2D eigenvalue weighted by molar-refractivity contribution is -0.148. The number of rotatable bonds is 10. The molecular weight excluding hydrogens is 346 g/mol. The molecule has 0 aliphatic heterocycles. The molecule has 0 aliphatic carbocycles. The van der Waals surface area contributed by atoms with E-state index in [0.717, 1.165) is 11.1 Å². The second kappa shape index (κ2) is 10.9. The van der Waals surface area contributed by atoms with Gasteiger partial charge in [-0.1, -0.05) is 54.6 Å². The molecule has 0 bridgehead atoms. The van der Waals surface area contributed by atoms with Crippen molar-refractivity contribution in [2.24, 2.45) is 0 Å². The normalized spacial score (nSPS) is 10.3. The second-order valence-electron chi connectivity index (χ2n) is 5.87. The molecule has 2 rings (SSSR count). The Morgan fingerprint density at radius 1 is 0.889 bits per heavy atom. The molecule has 6 heteroatoms. The number of ketones is 1. The predicted octanol–water partition coefficient (Wildman–Crippen LogP) is 2.62. The molecule has 27 heavy (non-hydrogen) atoms. The smallest absolute Gasteiger partial charge is 0.306 e. The van der Waals surface area contributed by atoms with Gasteiger partial charge in [-0.15, -0.1) is 0 Å². The molecule has 1 N–H and O–H groups in total. The van der Waals surface area contributed by atoms with E-state index in [4.69, 9.17) is 9.47 Å². The van der Waals surface area contributed by atoms with E-state index in [2.05, 4.69) is 5.32 Å². The van der Waals surface area contributed by atoms with Crippen LogP contribution < -0.4 is 5.32 Å².